The summed E-state index contributed by atoms with van der Waals surface area (Å²) in [4.78, 5) is 16.3. The maximum atomic E-state index is 13.6. The van der Waals surface area contributed by atoms with E-state index in [9.17, 15) is 9.18 Å². The van der Waals surface area contributed by atoms with Crippen LogP contribution < -0.4 is 10.2 Å². The smallest absolute Gasteiger partial charge is 0.322 e. The molecule has 2 amide bonds. The minimum atomic E-state index is -0.411. The van der Waals surface area contributed by atoms with Crippen LogP contribution in [0.15, 0.2) is 48.5 Å². The molecule has 5 heteroatoms. The van der Waals surface area contributed by atoms with Crippen molar-refractivity contribution in [2.45, 2.75) is 12.5 Å². The van der Waals surface area contributed by atoms with Gasteiger partial charge in [0, 0.05) is 25.3 Å². The van der Waals surface area contributed by atoms with E-state index in [-0.39, 0.29) is 11.7 Å². The lowest BCUT2D eigenvalue weighted by Gasteiger charge is -2.45. The van der Waals surface area contributed by atoms with Crippen molar-refractivity contribution in [2.75, 3.05) is 29.9 Å². The second-order valence-corrected chi connectivity index (χ2v) is 6.04. The van der Waals surface area contributed by atoms with Gasteiger partial charge in [0.1, 0.15) is 5.82 Å². The molecule has 2 aliphatic heterocycles. The molecule has 4 rings (SSSR count). The lowest BCUT2D eigenvalue weighted by atomic mass is 10.1. The third kappa shape index (κ3) is 2.52. The van der Waals surface area contributed by atoms with E-state index in [4.69, 9.17) is 0 Å². The molecule has 0 aromatic heterocycles. The van der Waals surface area contributed by atoms with Gasteiger partial charge in [0.25, 0.3) is 0 Å². The largest absolute Gasteiger partial charge is 0.364 e. The molecule has 2 aromatic carbocycles. The van der Waals surface area contributed by atoms with Crippen molar-refractivity contribution in [1.29, 1.82) is 0 Å². The predicted octanol–water partition coefficient (Wildman–Crippen LogP) is 3.10. The van der Waals surface area contributed by atoms with Crippen LogP contribution in [0.2, 0.25) is 0 Å². The number of rotatable bonds is 2. The molecular formula is C18H18FN3O. The number of nitrogens with one attached hydrogen (secondary N) is 1. The van der Waals surface area contributed by atoms with E-state index in [0.717, 1.165) is 13.0 Å². The minimum absolute atomic E-state index is 0.229. The first-order valence-corrected chi connectivity index (χ1v) is 7.87. The summed E-state index contributed by atoms with van der Waals surface area (Å²) >= 11 is 0. The predicted molar refractivity (Wildman–Crippen MR) is 88.3 cm³/mol. The van der Waals surface area contributed by atoms with Crippen molar-refractivity contribution in [2.24, 2.45) is 0 Å². The normalized spacial score (nSPS) is 16.9. The molecular weight excluding hydrogens is 293 g/mol. The van der Waals surface area contributed by atoms with Crippen molar-refractivity contribution in [3.8, 4) is 0 Å². The Morgan fingerprint density at radius 2 is 1.83 bits per heavy atom. The van der Waals surface area contributed by atoms with Crippen molar-refractivity contribution in [3.63, 3.8) is 0 Å². The first-order valence-electron chi connectivity index (χ1n) is 7.87. The fourth-order valence-electron chi connectivity index (χ4n) is 3.32. The van der Waals surface area contributed by atoms with Gasteiger partial charge in [-0.05, 0) is 30.2 Å². The zero-order valence-corrected chi connectivity index (χ0v) is 12.7. The van der Waals surface area contributed by atoms with E-state index in [1.165, 1.54) is 17.3 Å². The number of hydrogen-bond donors (Lipinski definition) is 1. The number of benzene rings is 2. The van der Waals surface area contributed by atoms with E-state index >= 15 is 0 Å². The molecule has 1 saturated heterocycles. The van der Waals surface area contributed by atoms with Gasteiger partial charge in [0.2, 0.25) is 0 Å². The molecule has 2 aromatic rings. The van der Waals surface area contributed by atoms with Crippen LogP contribution in [0.1, 0.15) is 5.56 Å². The van der Waals surface area contributed by atoms with Gasteiger partial charge in [-0.3, -0.25) is 0 Å². The number of carbonyl (C=O) groups excluding carboxylic acids is 1. The first kappa shape index (κ1) is 14.1. The number of urea groups is 1. The summed E-state index contributed by atoms with van der Waals surface area (Å²) in [5, 5.41) is 2.64. The average Bonchev–Trinajstić information content (AvgIpc) is 2.92. The summed E-state index contributed by atoms with van der Waals surface area (Å²) in [6.07, 6.45) is 1.06. The van der Waals surface area contributed by atoms with Gasteiger partial charge >= 0.3 is 6.03 Å². The molecule has 1 N–H and O–H groups in total. The molecule has 2 aliphatic rings. The monoisotopic (exact) mass is 311 g/mol. The molecule has 0 aliphatic carbocycles. The number of hydrogen-bond acceptors (Lipinski definition) is 2. The Morgan fingerprint density at radius 3 is 2.65 bits per heavy atom. The fourth-order valence-corrected chi connectivity index (χ4v) is 3.32. The number of para-hydroxylation sites is 2. The van der Waals surface area contributed by atoms with Crippen LogP contribution in [0.5, 0.6) is 0 Å². The Bertz CT molecular complexity index is 743. The molecule has 2 heterocycles. The summed E-state index contributed by atoms with van der Waals surface area (Å²) < 4.78 is 13.6. The number of anilines is 2. The van der Waals surface area contributed by atoms with E-state index in [1.807, 2.05) is 0 Å². The number of amides is 2. The van der Waals surface area contributed by atoms with Crippen LogP contribution in [-0.2, 0) is 6.42 Å². The Morgan fingerprint density at radius 1 is 1.09 bits per heavy atom. The van der Waals surface area contributed by atoms with Gasteiger partial charge in [-0.2, -0.15) is 0 Å². The number of halogens is 1. The first-order chi connectivity index (χ1) is 11.2. The summed E-state index contributed by atoms with van der Waals surface area (Å²) in [7, 11) is 0. The quantitative estimate of drug-likeness (QED) is 0.925. The topological polar surface area (TPSA) is 35.6 Å². The average molecular weight is 311 g/mol. The number of likely N-dealkylation sites (tertiary alicyclic amines) is 1. The number of carbonyl (C=O) groups is 1. The third-order valence-corrected chi connectivity index (χ3v) is 4.63. The SMILES string of the molecule is O=C(Nc1ccccc1F)N1CC(N2CCc3ccccc32)C1. The second kappa shape index (κ2) is 5.57. The summed E-state index contributed by atoms with van der Waals surface area (Å²) in [5.41, 5.74) is 2.89. The van der Waals surface area contributed by atoms with Crippen molar-refractivity contribution in [3.05, 3.63) is 59.9 Å². The van der Waals surface area contributed by atoms with Gasteiger partial charge in [0.05, 0.1) is 11.7 Å². The van der Waals surface area contributed by atoms with Gasteiger partial charge in [-0.1, -0.05) is 30.3 Å². The zero-order valence-electron chi connectivity index (χ0n) is 12.7. The maximum Gasteiger partial charge on any atom is 0.322 e. The zero-order chi connectivity index (χ0) is 15.8. The summed E-state index contributed by atoms with van der Waals surface area (Å²) in [5.74, 6) is -0.411. The summed E-state index contributed by atoms with van der Waals surface area (Å²) in [6.45, 7) is 2.36. The van der Waals surface area contributed by atoms with Crippen molar-refractivity contribution in [1.82, 2.24) is 4.90 Å². The molecule has 0 atom stereocenters. The summed E-state index contributed by atoms with van der Waals surface area (Å²) in [6, 6.07) is 14.8. The molecule has 0 unspecified atom stereocenters. The van der Waals surface area contributed by atoms with Crippen LogP contribution in [-0.4, -0.2) is 36.6 Å². The van der Waals surface area contributed by atoms with Crippen LogP contribution in [0.25, 0.3) is 0 Å². The van der Waals surface area contributed by atoms with Crippen LogP contribution in [0.4, 0.5) is 20.6 Å². The van der Waals surface area contributed by atoms with E-state index in [1.54, 1.807) is 23.1 Å². The molecule has 0 radical (unpaired) electrons. The van der Waals surface area contributed by atoms with Crippen LogP contribution in [0.3, 0.4) is 0 Å². The van der Waals surface area contributed by atoms with Crippen LogP contribution >= 0.6 is 0 Å². The minimum Gasteiger partial charge on any atom is -0.364 e. The molecule has 4 nitrogen and oxygen atoms in total. The highest BCUT2D eigenvalue weighted by atomic mass is 19.1. The van der Waals surface area contributed by atoms with Gasteiger partial charge < -0.3 is 15.1 Å². The van der Waals surface area contributed by atoms with Gasteiger partial charge in [-0.15, -0.1) is 0 Å². The van der Waals surface area contributed by atoms with E-state index in [0.29, 0.717) is 19.1 Å². The lowest BCUT2D eigenvalue weighted by molar-refractivity contribution is 0.161. The number of fused-ring (bicyclic) bond motifs is 1. The molecule has 1 fully saturated rings. The standard InChI is InChI=1S/C18H18FN3O/c19-15-6-2-3-7-16(15)20-18(23)21-11-14(12-21)22-10-9-13-5-1-4-8-17(13)22/h1-8,14H,9-12H2,(H,20,23). The Kier molecular flexibility index (Phi) is 3.41. The fraction of sp³-hybridized carbons (Fsp3) is 0.278. The van der Waals surface area contributed by atoms with Gasteiger partial charge in [-0.25, -0.2) is 9.18 Å². The lowest BCUT2D eigenvalue weighted by Crippen LogP contribution is -2.61. The maximum absolute atomic E-state index is 13.6. The van der Waals surface area contributed by atoms with Crippen molar-refractivity contribution >= 4 is 17.4 Å². The van der Waals surface area contributed by atoms with Gasteiger partial charge in [0.15, 0.2) is 0 Å². The highest BCUT2D eigenvalue weighted by molar-refractivity contribution is 5.90. The molecule has 118 valence electrons. The molecule has 0 spiro atoms. The van der Waals surface area contributed by atoms with Crippen LogP contribution in [0, 0.1) is 5.82 Å². The Balaban J connectivity index is 1.37. The van der Waals surface area contributed by atoms with E-state index in [2.05, 4.69) is 34.5 Å². The molecule has 0 saturated carbocycles. The van der Waals surface area contributed by atoms with E-state index < -0.39 is 5.82 Å². The third-order valence-electron chi connectivity index (χ3n) is 4.63. The van der Waals surface area contributed by atoms with Crippen molar-refractivity contribution < 1.29 is 9.18 Å². The number of nitrogens with zero attached hydrogens (tertiary/aromatic N) is 2. The Hall–Kier alpha value is -2.56. The second-order valence-electron chi connectivity index (χ2n) is 6.04. The molecule has 0 bridgehead atoms. The Labute approximate surface area is 134 Å². The molecule has 23 heavy (non-hydrogen) atoms. The highest BCUT2D eigenvalue weighted by Gasteiger charge is 2.37. The highest BCUT2D eigenvalue weighted by Crippen LogP contribution is 2.32.